The third-order valence-corrected chi connectivity index (χ3v) is 3.42. The van der Waals surface area contributed by atoms with Gasteiger partial charge in [-0.2, -0.15) is 5.26 Å². The van der Waals surface area contributed by atoms with Gasteiger partial charge in [-0.15, -0.1) is 0 Å². The van der Waals surface area contributed by atoms with Crippen molar-refractivity contribution in [2.45, 2.75) is 19.3 Å². The average Bonchev–Trinajstić information content (AvgIpc) is 2.49. The van der Waals surface area contributed by atoms with Gasteiger partial charge in [0.15, 0.2) is 0 Å². The fourth-order valence-corrected chi connectivity index (χ4v) is 2.42. The molecule has 100 valence electrons. The second kappa shape index (κ2) is 6.03. The number of carbonyl (C=O) groups is 1. The molecular weight excluding hydrogens is 250 g/mol. The van der Waals surface area contributed by atoms with Gasteiger partial charge in [0.2, 0.25) is 0 Å². The van der Waals surface area contributed by atoms with Crippen LogP contribution in [0.4, 0.5) is 0 Å². The Morgan fingerprint density at radius 3 is 2.40 bits per heavy atom. The normalized spacial score (nSPS) is 11.6. The average molecular weight is 265 g/mol. The summed E-state index contributed by atoms with van der Waals surface area (Å²) in [7, 11) is 0. The van der Waals surface area contributed by atoms with E-state index < -0.39 is 5.97 Å². The van der Waals surface area contributed by atoms with E-state index in [1.54, 1.807) is 24.3 Å². The molecule has 3 nitrogen and oxygen atoms in total. The molecule has 0 aliphatic carbocycles. The minimum atomic E-state index is -0.910. The number of nitriles is 1. The zero-order chi connectivity index (χ0) is 14.5. The van der Waals surface area contributed by atoms with Gasteiger partial charge < -0.3 is 5.11 Å². The van der Waals surface area contributed by atoms with E-state index in [0.717, 1.165) is 17.5 Å². The minimum absolute atomic E-state index is 0.0232. The molecule has 3 heteroatoms. The summed E-state index contributed by atoms with van der Waals surface area (Å²) in [6, 6.07) is 16.5. The fourth-order valence-electron chi connectivity index (χ4n) is 2.42. The fraction of sp³-hybridized carbons (Fsp3) is 0.176. The van der Waals surface area contributed by atoms with Crippen LogP contribution in [-0.4, -0.2) is 11.1 Å². The molecule has 0 saturated carbocycles. The molecule has 1 unspecified atom stereocenters. The molecule has 0 aliphatic heterocycles. The molecule has 2 aromatic rings. The van der Waals surface area contributed by atoms with Crippen molar-refractivity contribution < 1.29 is 9.90 Å². The Kier molecular flexibility index (Phi) is 4.17. The first-order chi connectivity index (χ1) is 9.67. The summed E-state index contributed by atoms with van der Waals surface area (Å²) in [4.78, 5) is 11.3. The van der Waals surface area contributed by atoms with E-state index in [9.17, 15) is 9.90 Å². The lowest BCUT2D eigenvalue weighted by Gasteiger charge is -2.18. The summed E-state index contributed by atoms with van der Waals surface area (Å²) < 4.78 is 0. The zero-order valence-electron chi connectivity index (χ0n) is 11.2. The van der Waals surface area contributed by atoms with E-state index in [1.165, 1.54) is 0 Å². The van der Waals surface area contributed by atoms with Crippen LogP contribution in [0.5, 0.6) is 0 Å². The number of hydrogen-bond acceptors (Lipinski definition) is 2. The van der Waals surface area contributed by atoms with Gasteiger partial charge >= 0.3 is 5.97 Å². The molecule has 0 aliphatic rings. The van der Waals surface area contributed by atoms with Crippen LogP contribution in [0.15, 0.2) is 48.5 Å². The number of hydrogen-bond donors (Lipinski definition) is 1. The molecule has 1 N–H and O–H groups in total. The maximum absolute atomic E-state index is 11.3. The topological polar surface area (TPSA) is 61.1 Å². The third kappa shape index (κ3) is 2.70. The number of nitrogens with zero attached hydrogens (tertiary/aromatic N) is 1. The molecule has 20 heavy (non-hydrogen) atoms. The molecule has 0 spiro atoms. The molecule has 0 bridgehead atoms. The number of aromatic carboxylic acids is 1. The van der Waals surface area contributed by atoms with Crippen molar-refractivity contribution in [3.63, 3.8) is 0 Å². The summed E-state index contributed by atoms with van der Waals surface area (Å²) in [5, 5.41) is 18.1. The summed E-state index contributed by atoms with van der Waals surface area (Å²) in [6.45, 7) is 2.03. The Hall–Kier alpha value is -2.60. The van der Waals surface area contributed by atoms with E-state index >= 15 is 0 Å². The van der Waals surface area contributed by atoms with Gasteiger partial charge in [-0.3, -0.25) is 0 Å². The number of rotatable bonds is 4. The van der Waals surface area contributed by atoms with Gasteiger partial charge in [0.1, 0.15) is 0 Å². The number of carboxylic acid groups (broad SMARTS) is 1. The summed E-state index contributed by atoms with van der Waals surface area (Å²) in [6.07, 6.45) is 0.802. The lowest BCUT2D eigenvalue weighted by molar-refractivity contribution is 0.0695. The van der Waals surface area contributed by atoms with E-state index in [-0.39, 0.29) is 5.92 Å². The van der Waals surface area contributed by atoms with E-state index in [4.69, 9.17) is 5.26 Å². The van der Waals surface area contributed by atoms with Crippen molar-refractivity contribution in [1.82, 2.24) is 0 Å². The van der Waals surface area contributed by atoms with Crippen LogP contribution in [-0.2, 0) is 0 Å². The molecule has 0 radical (unpaired) electrons. The van der Waals surface area contributed by atoms with Crippen LogP contribution in [0.25, 0.3) is 0 Å². The molecule has 0 fully saturated rings. The Balaban J connectivity index is 2.47. The highest BCUT2D eigenvalue weighted by molar-refractivity contribution is 5.89. The highest BCUT2D eigenvalue weighted by Crippen LogP contribution is 2.30. The Morgan fingerprint density at radius 2 is 1.85 bits per heavy atom. The summed E-state index contributed by atoms with van der Waals surface area (Å²) >= 11 is 0. The molecule has 0 heterocycles. The second-order valence-corrected chi connectivity index (χ2v) is 4.59. The first kappa shape index (κ1) is 13.8. The Labute approximate surface area is 118 Å². The van der Waals surface area contributed by atoms with Crippen LogP contribution >= 0.6 is 0 Å². The van der Waals surface area contributed by atoms with Crippen LogP contribution in [0.2, 0.25) is 0 Å². The monoisotopic (exact) mass is 265 g/mol. The van der Waals surface area contributed by atoms with Crippen molar-refractivity contribution in [3.05, 3.63) is 70.8 Å². The molecule has 2 rings (SSSR count). The maximum Gasteiger partial charge on any atom is 0.335 e. The lowest BCUT2D eigenvalue weighted by atomic mass is 9.86. The third-order valence-electron chi connectivity index (χ3n) is 3.42. The number of carboxylic acids is 1. The predicted molar refractivity (Wildman–Crippen MR) is 76.7 cm³/mol. The van der Waals surface area contributed by atoms with Crippen molar-refractivity contribution in [3.8, 4) is 6.07 Å². The van der Waals surface area contributed by atoms with Crippen LogP contribution in [0, 0.1) is 11.3 Å². The molecule has 0 amide bonds. The van der Waals surface area contributed by atoms with E-state index in [2.05, 4.69) is 6.07 Å². The van der Waals surface area contributed by atoms with Crippen molar-refractivity contribution >= 4 is 5.97 Å². The molecule has 0 aromatic heterocycles. The quantitative estimate of drug-likeness (QED) is 0.914. The Morgan fingerprint density at radius 1 is 1.20 bits per heavy atom. The van der Waals surface area contributed by atoms with Crippen molar-refractivity contribution in [2.24, 2.45) is 0 Å². The molecule has 2 aromatic carbocycles. The van der Waals surface area contributed by atoms with E-state index in [1.807, 2.05) is 31.2 Å². The lowest BCUT2D eigenvalue weighted by Crippen LogP contribution is -2.08. The SMILES string of the molecule is CCC(c1ccc(C#N)cc1)c1ccccc1C(=O)O. The minimum Gasteiger partial charge on any atom is -0.478 e. The van der Waals surface area contributed by atoms with Gasteiger partial charge in [-0.25, -0.2) is 4.79 Å². The van der Waals surface area contributed by atoms with Gasteiger partial charge in [-0.1, -0.05) is 37.3 Å². The predicted octanol–water partition coefficient (Wildman–Crippen LogP) is 3.80. The van der Waals surface area contributed by atoms with Crippen molar-refractivity contribution in [1.29, 1.82) is 5.26 Å². The van der Waals surface area contributed by atoms with Gasteiger partial charge in [-0.05, 0) is 35.7 Å². The molecular formula is C17H15NO2. The summed E-state index contributed by atoms with van der Waals surface area (Å²) in [5.41, 5.74) is 2.78. The van der Waals surface area contributed by atoms with Crippen LogP contribution < -0.4 is 0 Å². The number of benzene rings is 2. The van der Waals surface area contributed by atoms with Crippen LogP contribution in [0.3, 0.4) is 0 Å². The smallest absolute Gasteiger partial charge is 0.335 e. The van der Waals surface area contributed by atoms with Gasteiger partial charge in [0.05, 0.1) is 17.2 Å². The standard InChI is InChI=1S/C17H15NO2/c1-2-14(13-9-7-12(11-18)8-10-13)15-5-3-4-6-16(15)17(19)20/h3-10,14H,2H2,1H3,(H,19,20). The zero-order valence-corrected chi connectivity index (χ0v) is 11.2. The molecule has 1 atom stereocenters. The first-order valence-electron chi connectivity index (χ1n) is 6.49. The van der Waals surface area contributed by atoms with Crippen molar-refractivity contribution in [2.75, 3.05) is 0 Å². The van der Waals surface area contributed by atoms with Gasteiger partial charge in [0.25, 0.3) is 0 Å². The maximum atomic E-state index is 11.3. The van der Waals surface area contributed by atoms with Gasteiger partial charge in [0, 0.05) is 5.92 Å². The van der Waals surface area contributed by atoms with E-state index in [0.29, 0.717) is 11.1 Å². The Bertz CT molecular complexity index is 653. The molecule has 0 saturated heterocycles. The first-order valence-corrected chi connectivity index (χ1v) is 6.49. The van der Waals surface area contributed by atoms with Crippen LogP contribution in [0.1, 0.15) is 46.3 Å². The largest absolute Gasteiger partial charge is 0.478 e. The second-order valence-electron chi connectivity index (χ2n) is 4.59. The highest BCUT2D eigenvalue weighted by atomic mass is 16.4. The summed E-state index contributed by atoms with van der Waals surface area (Å²) in [5.74, 6) is -0.886. The highest BCUT2D eigenvalue weighted by Gasteiger charge is 2.18.